The molecule has 1 fully saturated rings. The standard InChI is InChI=1S/C11H12O4/c1-7-5-10(11(13)15-7)14-6-8-3-2-4-9(8)12/h5-6,10H,2-4H2,1H3/b8-6-/t10-/m0/s1. The van der Waals surface area contributed by atoms with E-state index < -0.39 is 12.1 Å². The van der Waals surface area contributed by atoms with Crippen LogP contribution in [0.4, 0.5) is 0 Å². The molecule has 1 aliphatic heterocycles. The number of cyclic esters (lactones) is 1. The van der Waals surface area contributed by atoms with Gasteiger partial charge in [0.25, 0.3) is 0 Å². The van der Waals surface area contributed by atoms with Gasteiger partial charge in [0, 0.05) is 18.1 Å². The normalized spacial score (nSPS) is 28.2. The van der Waals surface area contributed by atoms with E-state index in [9.17, 15) is 9.59 Å². The topological polar surface area (TPSA) is 52.6 Å². The lowest BCUT2D eigenvalue weighted by Crippen LogP contribution is -2.16. The van der Waals surface area contributed by atoms with E-state index in [1.165, 1.54) is 6.26 Å². The monoisotopic (exact) mass is 208 g/mol. The van der Waals surface area contributed by atoms with Gasteiger partial charge in [0.2, 0.25) is 6.10 Å². The van der Waals surface area contributed by atoms with Crippen LogP contribution in [-0.2, 0) is 19.1 Å². The average molecular weight is 208 g/mol. The summed E-state index contributed by atoms with van der Waals surface area (Å²) in [6, 6.07) is 0. The molecule has 0 spiro atoms. The molecule has 0 aromatic heterocycles. The highest BCUT2D eigenvalue weighted by atomic mass is 16.6. The fraction of sp³-hybridized carbons (Fsp3) is 0.455. The van der Waals surface area contributed by atoms with Gasteiger partial charge in [-0.3, -0.25) is 4.79 Å². The molecule has 0 N–H and O–H groups in total. The highest BCUT2D eigenvalue weighted by Crippen LogP contribution is 2.21. The number of carbonyl (C=O) groups is 2. The van der Waals surface area contributed by atoms with Crippen molar-refractivity contribution in [2.75, 3.05) is 0 Å². The van der Waals surface area contributed by atoms with Gasteiger partial charge >= 0.3 is 5.97 Å². The van der Waals surface area contributed by atoms with E-state index >= 15 is 0 Å². The largest absolute Gasteiger partial charge is 0.482 e. The van der Waals surface area contributed by atoms with E-state index in [2.05, 4.69) is 0 Å². The summed E-state index contributed by atoms with van der Waals surface area (Å²) in [6.45, 7) is 1.69. The number of carbonyl (C=O) groups excluding carboxylic acids is 2. The van der Waals surface area contributed by atoms with E-state index in [4.69, 9.17) is 9.47 Å². The van der Waals surface area contributed by atoms with Gasteiger partial charge in [0.1, 0.15) is 5.76 Å². The Kier molecular flexibility index (Phi) is 2.58. The van der Waals surface area contributed by atoms with E-state index in [0.717, 1.165) is 12.8 Å². The molecule has 2 rings (SSSR count). The quantitative estimate of drug-likeness (QED) is 0.391. The number of hydrogen-bond donors (Lipinski definition) is 0. The molecular formula is C11H12O4. The summed E-state index contributed by atoms with van der Waals surface area (Å²) in [4.78, 5) is 22.4. The van der Waals surface area contributed by atoms with Crippen LogP contribution in [0.3, 0.4) is 0 Å². The maximum absolute atomic E-state index is 11.2. The van der Waals surface area contributed by atoms with Gasteiger partial charge in [0.15, 0.2) is 5.78 Å². The number of rotatable bonds is 2. The van der Waals surface area contributed by atoms with Crippen LogP contribution in [0.15, 0.2) is 23.7 Å². The van der Waals surface area contributed by atoms with E-state index in [1.807, 2.05) is 0 Å². The van der Waals surface area contributed by atoms with Crippen molar-refractivity contribution in [3.63, 3.8) is 0 Å². The van der Waals surface area contributed by atoms with Crippen molar-refractivity contribution in [2.24, 2.45) is 0 Å². The number of ether oxygens (including phenoxy) is 2. The zero-order chi connectivity index (χ0) is 10.8. The Morgan fingerprint density at radius 1 is 1.47 bits per heavy atom. The molecule has 15 heavy (non-hydrogen) atoms. The molecule has 1 aliphatic carbocycles. The van der Waals surface area contributed by atoms with Crippen molar-refractivity contribution in [3.8, 4) is 0 Å². The van der Waals surface area contributed by atoms with Gasteiger partial charge < -0.3 is 9.47 Å². The minimum atomic E-state index is -0.689. The zero-order valence-corrected chi connectivity index (χ0v) is 8.49. The summed E-state index contributed by atoms with van der Waals surface area (Å²) >= 11 is 0. The molecule has 0 aromatic carbocycles. The van der Waals surface area contributed by atoms with Gasteiger partial charge in [-0.1, -0.05) is 0 Å². The van der Waals surface area contributed by atoms with Crippen LogP contribution in [0.5, 0.6) is 0 Å². The zero-order valence-electron chi connectivity index (χ0n) is 8.49. The lowest BCUT2D eigenvalue weighted by atomic mass is 10.2. The SMILES string of the molecule is CC1=C[C@H](O/C=C2/CCCC2=O)C(=O)O1. The predicted octanol–water partition coefficient (Wildman–Crippen LogP) is 1.47. The van der Waals surface area contributed by atoms with Crippen LogP contribution in [0.25, 0.3) is 0 Å². The summed E-state index contributed by atoms with van der Waals surface area (Å²) in [7, 11) is 0. The lowest BCUT2D eigenvalue weighted by Gasteiger charge is -2.04. The van der Waals surface area contributed by atoms with Crippen LogP contribution >= 0.6 is 0 Å². The Morgan fingerprint density at radius 2 is 2.27 bits per heavy atom. The molecule has 4 heteroatoms. The van der Waals surface area contributed by atoms with Crippen molar-refractivity contribution in [1.82, 2.24) is 0 Å². The molecule has 1 saturated carbocycles. The van der Waals surface area contributed by atoms with Crippen LogP contribution in [0, 0.1) is 0 Å². The van der Waals surface area contributed by atoms with Gasteiger partial charge in [0.05, 0.1) is 6.26 Å². The third-order valence-corrected chi connectivity index (χ3v) is 2.44. The van der Waals surface area contributed by atoms with E-state index in [1.54, 1.807) is 13.0 Å². The number of allylic oxidation sites excluding steroid dienone is 2. The number of hydrogen-bond acceptors (Lipinski definition) is 4. The Labute approximate surface area is 87.5 Å². The summed E-state index contributed by atoms with van der Waals surface area (Å²) in [6.07, 6.45) is 4.50. The molecule has 0 radical (unpaired) electrons. The van der Waals surface area contributed by atoms with Crippen molar-refractivity contribution >= 4 is 11.8 Å². The molecule has 1 atom stereocenters. The van der Waals surface area contributed by atoms with Crippen LogP contribution in [-0.4, -0.2) is 17.9 Å². The third-order valence-electron chi connectivity index (χ3n) is 2.44. The summed E-state index contributed by atoms with van der Waals surface area (Å²) < 4.78 is 10.0. The predicted molar refractivity (Wildman–Crippen MR) is 51.7 cm³/mol. The van der Waals surface area contributed by atoms with Crippen LogP contribution in [0.1, 0.15) is 26.2 Å². The Hall–Kier alpha value is -1.58. The first-order valence-corrected chi connectivity index (χ1v) is 4.94. The summed E-state index contributed by atoms with van der Waals surface area (Å²) in [5.74, 6) is 0.234. The van der Waals surface area contributed by atoms with Gasteiger partial charge in [-0.15, -0.1) is 0 Å². The number of ketones is 1. The molecule has 0 bridgehead atoms. The maximum Gasteiger partial charge on any atom is 0.356 e. The molecule has 4 nitrogen and oxygen atoms in total. The Balaban J connectivity index is 1.98. The van der Waals surface area contributed by atoms with Crippen molar-refractivity contribution in [1.29, 1.82) is 0 Å². The van der Waals surface area contributed by atoms with Crippen molar-refractivity contribution < 1.29 is 19.1 Å². The lowest BCUT2D eigenvalue weighted by molar-refractivity contribution is -0.143. The second kappa shape index (κ2) is 3.88. The maximum atomic E-state index is 11.2. The molecule has 0 unspecified atom stereocenters. The van der Waals surface area contributed by atoms with Gasteiger partial charge in [-0.05, 0) is 19.8 Å². The van der Waals surface area contributed by atoms with Gasteiger partial charge in [-0.25, -0.2) is 4.79 Å². The van der Waals surface area contributed by atoms with Gasteiger partial charge in [-0.2, -0.15) is 0 Å². The summed E-state index contributed by atoms with van der Waals surface area (Å²) in [5.41, 5.74) is 0.667. The van der Waals surface area contributed by atoms with Crippen LogP contribution in [0.2, 0.25) is 0 Å². The number of Topliss-reactive ketones (excluding diaryl/α,β-unsaturated/α-hetero) is 1. The first-order chi connectivity index (χ1) is 7.16. The Bertz CT molecular complexity index is 365. The highest BCUT2D eigenvalue weighted by molar-refractivity contribution is 5.97. The fourth-order valence-corrected chi connectivity index (χ4v) is 1.65. The first kappa shape index (κ1) is 9.96. The first-order valence-electron chi connectivity index (χ1n) is 4.94. The van der Waals surface area contributed by atoms with Crippen LogP contribution < -0.4 is 0 Å². The number of esters is 1. The smallest absolute Gasteiger partial charge is 0.356 e. The van der Waals surface area contributed by atoms with E-state index in [-0.39, 0.29) is 5.78 Å². The minimum absolute atomic E-state index is 0.113. The molecule has 1 heterocycles. The van der Waals surface area contributed by atoms with E-state index in [0.29, 0.717) is 17.8 Å². The summed E-state index contributed by atoms with van der Waals surface area (Å²) in [5, 5.41) is 0. The second-order valence-electron chi connectivity index (χ2n) is 3.67. The molecule has 0 amide bonds. The molecule has 0 aromatic rings. The molecule has 0 saturated heterocycles. The van der Waals surface area contributed by atoms with Crippen molar-refractivity contribution in [2.45, 2.75) is 32.3 Å². The minimum Gasteiger partial charge on any atom is -0.482 e. The average Bonchev–Trinajstić information content (AvgIpc) is 2.70. The molecule has 80 valence electrons. The second-order valence-corrected chi connectivity index (χ2v) is 3.67. The third kappa shape index (κ3) is 2.09. The molecular weight excluding hydrogens is 196 g/mol. The highest BCUT2D eigenvalue weighted by Gasteiger charge is 2.26. The van der Waals surface area contributed by atoms with Crippen molar-refractivity contribution in [3.05, 3.63) is 23.7 Å². The molecule has 2 aliphatic rings. The fourth-order valence-electron chi connectivity index (χ4n) is 1.65. The Morgan fingerprint density at radius 3 is 2.80 bits per heavy atom.